The summed E-state index contributed by atoms with van der Waals surface area (Å²) in [4.78, 5) is 0. The summed E-state index contributed by atoms with van der Waals surface area (Å²) in [7, 11) is 1.65. The quantitative estimate of drug-likeness (QED) is 0.270. The Morgan fingerprint density at radius 2 is 1.73 bits per heavy atom. The third kappa shape index (κ3) is 4.70. The van der Waals surface area contributed by atoms with Crippen molar-refractivity contribution in [3.63, 3.8) is 0 Å². The largest absolute Gasteiger partial charge is 0.497 e. The minimum Gasteiger partial charge on any atom is -0.497 e. The molecule has 5 aromatic rings. The molecule has 0 aliphatic carbocycles. The highest BCUT2D eigenvalue weighted by Gasteiger charge is 2.17. The van der Waals surface area contributed by atoms with E-state index in [2.05, 4.69) is 34.4 Å². The normalized spacial score (nSPS) is 11.1. The standard InChI is InChI=1S/C25H22N4O3S/c1-17-5-7-18(8-6-17)23-14-22(32-28-23)16-33-25-27-26-24(19-9-11-20(30-2)12-10-19)29(25)15-21-4-3-13-31-21/h3-14H,15-16H2,1-2H3. The van der Waals surface area contributed by atoms with Crippen LogP contribution in [0.4, 0.5) is 0 Å². The number of nitrogens with zero attached hydrogens (tertiary/aromatic N) is 4. The summed E-state index contributed by atoms with van der Waals surface area (Å²) < 4.78 is 18.5. The molecule has 0 saturated carbocycles. The van der Waals surface area contributed by atoms with Crippen molar-refractivity contribution in [3.05, 3.63) is 90.1 Å². The highest BCUT2D eigenvalue weighted by molar-refractivity contribution is 7.98. The van der Waals surface area contributed by atoms with Gasteiger partial charge in [-0.15, -0.1) is 10.2 Å². The van der Waals surface area contributed by atoms with Crippen molar-refractivity contribution < 1.29 is 13.7 Å². The van der Waals surface area contributed by atoms with Gasteiger partial charge in [0.1, 0.15) is 23.0 Å². The lowest BCUT2D eigenvalue weighted by molar-refractivity contribution is 0.397. The molecular formula is C25H22N4O3S. The van der Waals surface area contributed by atoms with E-state index in [-0.39, 0.29) is 0 Å². The molecule has 8 heteroatoms. The maximum absolute atomic E-state index is 5.58. The fourth-order valence-electron chi connectivity index (χ4n) is 3.43. The number of hydrogen-bond acceptors (Lipinski definition) is 7. The molecular weight excluding hydrogens is 436 g/mol. The molecule has 0 spiro atoms. The molecule has 0 radical (unpaired) electrons. The third-order valence-electron chi connectivity index (χ3n) is 5.21. The Balaban J connectivity index is 1.38. The van der Waals surface area contributed by atoms with E-state index >= 15 is 0 Å². The van der Waals surface area contributed by atoms with E-state index in [1.54, 1.807) is 25.1 Å². The van der Waals surface area contributed by atoms with Gasteiger partial charge in [0, 0.05) is 17.2 Å². The lowest BCUT2D eigenvalue weighted by Gasteiger charge is -2.09. The molecule has 0 aliphatic rings. The predicted octanol–water partition coefficient (Wildman–Crippen LogP) is 5.85. The summed E-state index contributed by atoms with van der Waals surface area (Å²) in [6.45, 7) is 2.59. The van der Waals surface area contributed by atoms with Crippen molar-refractivity contribution >= 4 is 11.8 Å². The monoisotopic (exact) mass is 458 g/mol. The van der Waals surface area contributed by atoms with Crippen LogP contribution in [0.15, 0.2) is 87.1 Å². The van der Waals surface area contributed by atoms with E-state index in [1.807, 2.05) is 59.2 Å². The van der Waals surface area contributed by atoms with Crippen molar-refractivity contribution in [1.82, 2.24) is 19.9 Å². The van der Waals surface area contributed by atoms with Gasteiger partial charge < -0.3 is 13.7 Å². The van der Waals surface area contributed by atoms with Crippen molar-refractivity contribution in [2.24, 2.45) is 0 Å². The molecule has 2 aromatic carbocycles. The number of aryl methyl sites for hydroxylation is 1. The maximum Gasteiger partial charge on any atom is 0.192 e. The van der Waals surface area contributed by atoms with Crippen molar-refractivity contribution in [1.29, 1.82) is 0 Å². The van der Waals surface area contributed by atoms with Gasteiger partial charge in [-0.05, 0) is 43.3 Å². The van der Waals surface area contributed by atoms with Crippen LogP contribution < -0.4 is 4.74 Å². The number of methoxy groups -OCH3 is 1. The van der Waals surface area contributed by atoms with E-state index in [9.17, 15) is 0 Å². The Labute approximate surface area is 195 Å². The summed E-state index contributed by atoms with van der Waals surface area (Å²) >= 11 is 1.55. The minimum atomic E-state index is 0.523. The first-order chi connectivity index (χ1) is 16.2. The zero-order chi connectivity index (χ0) is 22.6. The Hall–Kier alpha value is -3.78. The molecule has 0 bridgehead atoms. The minimum absolute atomic E-state index is 0.523. The van der Waals surface area contributed by atoms with Gasteiger partial charge in [0.25, 0.3) is 0 Å². The highest BCUT2D eigenvalue weighted by Crippen LogP contribution is 2.29. The maximum atomic E-state index is 5.58. The molecule has 0 N–H and O–H groups in total. The number of furan rings is 1. The molecule has 0 saturated heterocycles. The highest BCUT2D eigenvalue weighted by atomic mass is 32.2. The van der Waals surface area contributed by atoms with Gasteiger partial charge in [-0.1, -0.05) is 46.7 Å². The molecule has 0 unspecified atom stereocenters. The summed E-state index contributed by atoms with van der Waals surface area (Å²) in [6.07, 6.45) is 1.67. The van der Waals surface area contributed by atoms with Crippen molar-refractivity contribution in [2.75, 3.05) is 7.11 Å². The Kier molecular flexibility index (Phi) is 5.99. The Morgan fingerprint density at radius 1 is 0.939 bits per heavy atom. The second-order valence-corrected chi connectivity index (χ2v) is 8.48. The molecule has 7 nitrogen and oxygen atoms in total. The predicted molar refractivity (Wildman–Crippen MR) is 126 cm³/mol. The number of ether oxygens (including phenoxy) is 1. The smallest absolute Gasteiger partial charge is 0.192 e. The van der Waals surface area contributed by atoms with Crippen LogP contribution >= 0.6 is 11.8 Å². The van der Waals surface area contributed by atoms with Crippen LogP contribution in [0.25, 0.3) is 22.6 Å². The fourth-order valence-corrected chi connectivity index (χ4v) is 4.24. The Bertz CT molecular complexity index is 1320. The van der Waals surface area contributed by atoms with Crippen LogP contribution in [0.2, 0.25) is 0 Å². The zero-order valence-corrected chi connectivity index (χ0v) is 19.1. The van der Waals surface area contributed by atoms with Gasteiger partial charge in [-0.3, -0.25) is 4.57 Å². The average Bonchev–Trinajstić information content (AvgIpc) is 3.61. The number of hydrogen-bond donors (Lipinski definition) is 0. The topological polar surface area (TPSA) is 79.1 Å². The number of rotatable bonds is 8. The average molecular weight is 459 g/mol. The summed E-state index contributed by atoms with van der Waals surface area (Å²) in [6, 6.07) is 21.8. The van der Waals surface area contributed by atoms with Gasteiger partial charge >= 0.3 is 0 Å². The summed E-state index contributed by atoms with van der Waals surface area (Å²) in [5.41, 5.74) is 4.01. The first-order valence-electron chi connectivity index (χ1n) is 10.4. The molecule has 0 atom stereocenters. The van der Waals surface area contributed by atoms with Gasteiger partial charge in [-0.25, -0.2) is 0 Å². The molecule has 5 rings (SSSR count). The van der Waals surface area contributed by atoms with Crippen molar-refractivity contribution in [2.45, 2.75) is 24.4 Å². The molecule has 0 fully saturated rings. The van der Waals surface area contributed by atoms with Gasteiger partial charge in [0.15, 0.2) is 11.0 Å². The molecule has 3 aromatic heterocycles. The first-order valence-corrected chi connectivity index (χ1v) is 11.4. The lowest BCUT2D eigenvalue weighted by atomic mass is 10.1. The number of benzene rings is 2. The molecule has 0 amide bonds. The molecule has 3 heterocycles. The van der Waals surface area contributed by atoms with E-state index in [1.165, 1.54) is 5.56 Å². The van der Waals surface area contributed by atoms with Crippen LogP contribution in [0, 0.1) is 6.92 Å². The first kappa shape index (κ1) is 21.1. The summed E-state index contributed by atoms with van der Waals surface area (Å²) in [5, 5.41) is 13.9. The molecule has 0 aliphatic heterocycles. The van der Waals surface area contributed by atoms with E-state index < -0.39 is 0 Å². The third-order valence-corrected chi connectivity index (χ3v) is 6.20. The lowest BCUT2D eigenvalue weighted by Crippen LogP contribution is -2.03. The zero-order valence-electron chi connectivity index (χ0n) is 18.3. The van der Waals surface area contributed by atoms with Gasteiger partial charge in [0.2, 0.25) is 0 Å². The number of thioether (sulfide) groups is 1. The second kappa shape index (κ2) is 9.38. The van der Waals surface area contributed by atoms with E-state index in [4.69, 9.17) is 13.7 Å². The van der Waals surface area contributed by atoms with Crippen LogP contribution in [-0.2, 0) is 12.3 Å². The van der Waals surface area contributed by atoms with E-state index in [0.717, 1.165) is 45.1 Å². The van der Waals surface area contributed by atoms with Crippen LogP contribution in [0.3, 0.4) is 0 Å². The van der Waals surface area contributed by atoms with Crippen molar-refractivity contribution in [3.8, 4) is 28.4 Å². The van der Waals surface area contributed by atoms with Gasteiger partial charge in [-0.2, -0.15) is 0 Å². The fraction of sp³-hybridized carbons (Fsp3) is 0.160. The molecule has 33 heavy (non-hydrogen) atoms. The van der Waals surface area contributed by atoms with Crippen LogP contribution in [0.1, 0.15) is 17.1 Å². The van der Waals surface area contributed by atoms with Gasteiger partial charge in [0.05, 0.1) is 25.7 Å². The molecule has 166 valence electrons. The summed E-state index contributed by atoms with van der Waals surface area (Å²) in [5.74, 6) is 3.73. The second-order valence-electron chi connectivity index (χ2n) is 7.53. The Morgan fingerprint density at radius 3 is 2.45 bits per heavy atom. The SMILES string of the molecule is COc1ccc(-c2nnc(SCc3cc(-c4ccc(C)cc4)no3)n2Cc2ccco2)cc1. The van der Waals surface area contributed by atoms with E-state index in [0.29, 0.717) is 12.3 Å². The van der Waals surface area contributed by atoms with Crippen LogP contribution in [-0.4, -0.2) is 27.0 Å². The number of aromatic nitrogens is 4. The van der Waals surface area contributed by atoms with Crippen LogP contribution in [0.5, 0.6) is 5.75 Å².